The van der Waals surface area contributed by atoms with E-state index < -0.39 is 0 Å². The van der Waals surface area contributed by atoms with Crippen LogP contribution in [0, 0.1) is 0 Å². The summed E-state index contributed by atoms with van der Waals surface area (Å²) in [5.41, 5.74) is 1.84. The van der Waals surface area contributed by atoms with Crippen molar-refractivity contribution in [3.8, 4) is 0 Å². The number of carbonyl (C=O) groups is 2. The minimum absolute atomic E-state index is 0.0688. The maximum Gasteiger partial charge on any atom is 0.257 e. The predicted molar refractivity (Wildman–Crippen MR) is 77.7 cm³/mol. The van der Waals surface area contributed by atoms with Gasteiger partial charge in [-0.05, 0) is 30.3 Å². The molecule has 0 radical (unpaired) electrons. The van der Waals surface area contributed by atoms with Gasteiger partial charge < -0.3 is 10.2 Å². The van der Waals surface area contributed by atoms with Crippen LogP contribution < -0.4 is 10.2 Å². The number of amides is 2. The van der Waals surface area contributed by atoms with Crippen molar-refractivity contribution in [1.29, 1.82) is 0 Å². The number of hydrogen-bond donors (Lipinski definition) is 1. The molecule has 0 aliphatic heterocycles. The predicted octanol–water partition coefficient (Wildman–Crippen LogP) is 2.32. The summed E-state index contributed by atoms with van der Waals surface area (Å²) in [4.78, 5) is 28.7. The van der Waals surface area contributed by atoms with Gasteiger partial charge in [0.05, 0.1) is 5.56 Å². The molecule has 20 heavy (non-hydrogen) atoms. The highest BCUT2D eigenvalue weighted by Gasteiger charge is 2.09. The minimum atomic E-state index is -0.235. The standard InChI is InChI=1S/C15H15N3O2/c1-11(19)18(2)14-7-3-6-13(9-14)17-15(20)12-5-4-8-16-10-12/h3-10H,1-2H3,(H,17,20). The van der Waals surface area contributed by atoms with Gasteiger partial charge in [-0.2, -0.15) is 0 Å². The van der Waals surface area contributed by atoms with E-state index in [9.17, 15) is 9.59 Å². The molecular formula is C15H15N3O2. The highest BCUT2D eigenvalue weighted by atomic mass is 16.2. The van der Waals surface area contributed by atoms with E-state index in [0.717, 1.165) is 5.69 Å². The first-order valence-electron chi connectivity index (χ1n) is 6.13. The van der Waals surface area contributed by atoms with Gasteiger partial charge in [0, 0.05) is 37.7 Å². The summed E-state index contributed by atoms with van der Waals surface area (Å²) in [7, 11) is 1.68. The summed E-state index contributed by atoms with van der Waals surface area (Å²) in [5, 5.41) is 2.78. The van der Waals surface area contributed by atoms with Crippen LogP contribution in [0.3, 0.4) is 0 Å². The van der Waals surface area contributed by atoms with Gasteiger partial charge in [-0.15, -0.1) is 0 Å². The Morgan fingerprint density at radius 1 is 1.20 bits per heavy atom. The quantitative estimate of drug-likeness (QED) is 0.930. The first-order valence-corrected chi connectivity index (χ1v) is 6.13. The van der Waals surface area contributed by atoms with Crippen LogP contribution in [-0.2, 0) is 4.79 Å². The molecule has 0 spiro atoms. The van der Waals surface area contributed by atoms with Crippen molar-refractivity contribution in [2.45, 2.75) is 6.92 Å². The van der Waals surface area contributed by atoms with Crippen molar-refractivity contribution in [3.05, 3.63) is 54.4 Å². The molecule has 2 aromatic rings. The molecule has 0 unspecified atom stereocenters. The zero-order valence-electron chi connectivity index (χ0n) is 11.3. The summed E-state index contributed by atoms with van der Waals surface area (Å²) in [6, 6.07) is 10.5. The van der Waals surface area contributed by atoms with Crippen molar-refractivity contribution in [2.24, 2.45) is 0 Å². The van der Waals surface area contributed by atoms with Crippen LogP contribution in [-0.4, -0.2) is 23.8 Å². The topological polar surface area (TPSA) is 62.3 Å². The summed E-state index contributed by atoms with van der Waals surface area (Å²) < 4.78 is 0. The van der Waals surface area contributed by atoms with Crippen LogP contribution in [0.4, 0.5) is 11.4 Å². The molecule has 0 saturated carbocycles. The van der Waals surface area contributed by atoms with Crippen molar-refractivity contribution in [2.75, 3.05) is 17.3 Å². The number of anilines is 2. The molecule has 5 heteroatoms. The molecule has 0 aliphatic rings. The Labute approximate surface area is 117 Å². The highest BCUT2D eigenvalue weighted by Crippen LogP contribution is 2.19. The SMILES string of the molecule is CC(=O)N(C)c1cccc(NC(=O)c2cccnc2)c1. The molecule has 1 aromatic carbocycles. The van der Waals surface area contributed by atoms with E-state index >= 15 is 0 Å². The van der Waals surface area contributed by atoms with E-state index in [1.54, 1.807) is 49.6 Å². The van der Waals surface area contributed by atoms with E-state index in [1.165, 1.54) is 18.0 Å². The van der Waals surface area contributed by atoms with Gasteiger partial charge in [0.2, 0.25) is 5.91 Å². The molecule has 1 N–H and O–H groups in total. The molecular weight excluding hydrogens is 254 g/mol. The monoisotopic (exact) mass is 269 g/mol. The van der Waals surface area contributed by atoms with Gasteiger partial charge in [0.15, 0.2) is 0 Å². The summed E-state index contributed by atoms with van der Waals surface area (Å²) >= 11 is 0. The van der Waals surface area contributed by atoms with E-state index in [0.29, 0.717) is 11.3 Å². The third kappa shape index (κ3) is 3.20. The number of rotatable bonds is 3. The summed E-state index contributed by atoms with van der Waals surface area (Å²) in [6.45, 7) is 1.49. The minimum Gasteiger partial charge on any atom is -0.322 e. The number of benzene rings is 1. The van der Waals surface area contributed by atoms with E-state index in [1.807, 2.05) is 0 Å². The number of pyridine rings is 1. The fraction of sp³-hybridized carbons (Fsp3) is 0.133. The average molecular weight is 269 g/mol. The molecule has 102 valence electrons. The fourth-order valence-corrected chi connectivity index (χ4v) is 1.67. The molecule has 1 heterocycles. The lowest BCUT2D eigenvalue weighted by Gasteiger charge is -2.16. The third-order valence-corrected chi connectivity index (χ3v) is 2.89. The van der Waals surface area contributed by atoms with Gasteiger partial charge in [-0.3, -0.25) is 14.6 Å². The number of hydrogen-bond acceptors (Lipinski definition) is 3. The first kappa shape index (κ1) is 13.7. The van der Waals surface area contributed by atoms with Crippen LogP contribution in [0.25, 0.3) is 0 Å². The lowest BCUT2D eigenvalue weighted by molar-refractivity contribution is -0.116. The smallest absolute Gasteiger partial charge is 0.257 e. The zero-order chi connectivity index (χ0) is 14.5. The average Bonchev–Trinajstić information content (AvgIpc) is 2.47. The van der Waals surface area contributed by atoms with E-state index in [4.69, 9.17) is 0 Å². The van der Waals surface area contributed by atoms with Crippen LogP contribution in [0.1, 0.15) is 17.3 Å². The lowest BCUT2D eigenvalue weighted by atomic mass is 10.2. The second-order valence-electron chi connectivity index (χ2n) is 4.32. The molecule has 1 aromatic heterocycles. The Morgan fingerprint density at radius 2 is 2.00 bits per heavy atom. The molecule has 0 saturated heterocycles. The zero-order valence-corrected chi connectivity index (χ0v) is 11.3. The van der Waals surface area contributed by atoms with Crippen LogP contribution in [0.15, 0.2) is 48.8 Å². The lowest BCUT2D eigenvalue weighted by Crippen LogP contribution is -2.23. The molecule has 0 fully saturated rings. The van der Waals surface area contributed by atoms with Gasteiger partial charge >= 0.3 is 0 Å². The molecule has 5 nitrogen and oxygen atoms in total. The second-order valence-corrected chi connectivity index (χ2v) is 4.32. The van der Waals surface area contributed by atoms with Crippen LogP contribution in [0.2, 0.25) is 0 Å². The molecule has 0 aliphatic carbocycles. The van der Waals surface area contributed by atoms with Gasteiger partial charge in [0.25, 0.3) is 5.91 Å². The Kier molecular flexibility index (Phi) is 4.10. The normalized spacial score (nSPS) is 9.90. The Balaban J connectivity index is 2.16. The first-order chi connectivity index (χ1) is 9.58. The maximum absolute atomic E-state index is 12.0. The summed E-state index contributed by atoms with van der Waals surface area (Å²) in [5.74, 6) is -0.304. The Bertz CT molecular complexity index is 626. The van der Waals surface area contributed by atoms with Gasteiger partial charge in [0.1, 0.15) is 0 Å². The molecule has 2 amide bonds. The van der Waals surface area contributed by atoms with E-state index in [-0.39, 0.29) is 11.8 Å². The Morgan fingerprint density at radius 3 is 2.65 bits per heavy atom. The summed E-state index contributed by atoms with van der Waals surface area (Å²) in [6.07, 6.45) is 3.11. The fourth-order valence-electron chi connectivity index (χ4n) is 1.67. The molecule has 0 bridgehead atoms. The van der Waals surface area contributed by atoms with Crippen molar-refractivity contribution < 1.29 is 9.59 Å². The number of aromatic nitrogens is 1. The molecule has 0 atom stereocenters. The van der Waals surface area contributed by atoms with Crippen LogP contribution >= 0.6 is 0 Å². The largest absolute Gasteiger partial charge is 0.322 e. The number of nitrogens with one attached hydrogen (secondary N) is 1. The molecule has 2 rings (SSSR count). The van der Waals surface area contributed by atoms with Crippen molar-refractivity contribution in [3.63, 3.8) is 0 Å². The Hall–Kier alpha value is -2.69. The van der Waals surface area contributed by atoms with Crippen molar-refractivity contribution >= 4 is 23.2 Å². The van der Waals surface area contributed by atoms with Gasteiger partial charge in [-0.25, -0.2) is 0 Å². The maximum atomic E-state index is 12.0. The second kappa shape index (κ2) is 5.97. The van der Waals surface area contributed by atoms with Crippen LogP contribution in [0.5, 0.6) is 0 Å². The van der Waals surface area contributed by atoms with Crippen molar-refractivity contribution in [1.82, 2.24) is 4.98 Å². The number of carbonyl (C=O) groups excluding carboxylic acids is 2. The van der Waals surface area contributed by atoms with Gasteiger partial charge in [-0.1, -0.05) is 6.07 Å². The van der Waals surface area contributed by atoms with E-state index in [2.05, 4.69) is 10.3 Å². The highest BCUT2D eigenvalue weighted by molar-refractivity contribution is 6.04. The number of nitrogens with zero attached hydrogens (tertiary/aromatic N) is 2. The third-order valence-electron chi connectivity index (χ3n) is 2.89.